The number of nitrogens with zero attached hydrogens (tertiary/aromatic N) is 2. The molecule has 3 rings (SSSR count). The number of hydrogen-bond acceptors (Lipinski definition) is 4. The van der Waals surface area contributed by atoms with Crippen LogP contribution in [0, 0.1) is 0 Å². The lowest BCUT2D eigenvalue weighted by molar-refractivity contribution is 0.0955. The molecule has 1 aromatic carbocycles. The van der Waals surface area contributed by atoms with E-state index in [0.29, 0.717) is 25.3 Å². The van der Waals surface area contributed by atoms with Crippen molar-refractivity contribution in [2.24, 2.45) is 7.05 Å². The van der Waals surface area contributed by atoms with Crippen LogP contribution in [0.25, 0.3) is 0 Å². The lowest BCUT2D eigenvalue weighted by atomic mass is 10.0. The van der Waals surface area contributed by atoms with Gasteiger partial charge >= 0.3 is 0 Å². The Kier molecular flexibility index (Phi) is 5.69. The maximum absolute atomic E-state index is 13.3. The van der Waals surface area contributed by atoms with Crippen LogP contribution in [-0.2, 0) is 23.5 Å². The Balaban J connectivity index is 1.96. The lowest BCUT2D eigenvalue weighted by Crippen LogP contribution is -2.48. The van der Waals surface area contributed by atoms with E-state index in [-0.39, 0.29) is 16.8 Å². The summed E-state index contributed by atoms with van der Waals surface area (Å²) in [5.41, 5.74) is 2.50. The van der Waals surface area contributed by atoms with E-state index in [2.05, 4.69) is 17.6 Å². The summed E-state index contributed by atoms with van der Waals surface area (Å²) in [5.74, 6) is -0.314. The molecule has 146 valence electrons. The van der Waals surface area contributed by atoms with E-state index < -0.39 is 10.0 Å². The topological polar surface area (TPSA) is 83.4 Å². The van der Waals surface area contributed by atoms with Crippen LogP contribution in [0.2, 0.25) is 0 Å². The molecule has 0 spiro atoms. The minimum atomic E-state index is -3.73. The van der Waals surface area contributed by atoms with Crippen LogP contribution in [0.1, 0.15) is 34.6 Å². The van der Waals surface area contributed by atoms with E-state index in [0.717, 1.165) is 12.0 Å². The number of carbonyl (C=O) groups excluding carboxylic acids is 1. The highest BCUT2D eigenvalue weighted by Gasteiger charge is 2.35. The Morgan fingerprint density at radius 2 is 2.00 bits per heavy atom. The molecule has 1 aromatic heterocycles. The number of rotatable bonds is 5. The Hall–Kier alpha value is -2.16. The van der Waals surface area contributed by atoms with E-state index in [9.17, 15) is 13.2 Å². The highest BCUT2D eigenvalue weighted by molar-refractivity contribution is 7.89. The molecular weight excluding hydrogens is 364 g/mol. The van der Waals surface area contributed by atoms with Crippen LogP contribution < -0.4 is 10.6 Å². The number of aromatic nitrogens is 1. The first-order valence-electron chi connectivity index (χ1n) is 9.08. The second kappa shape index (κ2) is 7.84. The molecule has 2 heterocycles. The summed E-state index contributed by atoms with van der Waals surface area (Å²) in [4.78, 5) is 12.1. The van der Waals surface area contributed by atoms with Crippen LogP contribution in [0.4, 0.5) is 0 Å². The summed E-state index contributed by atoms with van der Waals surface area (Å²) in [5, 5.41) is 5.82. The fraction of sp³-hybridized carbons (Fsp3) is 0.421. The van der Waals surface area contributed by atoms with E-state index in [1.54, 1.807) is 11.6 Å². The number of carbonyl (C=O) groups is 1. The molecule has 1 saturated heterocycles. The number of piperazine rings is 1. The first-order valence-corrected chi connectivity index (χ1v) is 10.5. The molecule has 0 saturated carbocycles. The molecule has 27 heavy (non-hydrogen) atoms. The molecule has 0 aliphatic carbocycles. The lowest BCUT2D eigenvalue weighted by Gasteiger charge is -2.35. The monoisotopic (exact) mass is 390 g/mol. The molecule has 2 aromatic rings. The van der Waals surface area contributed by atoms with Gasteiger partial charge < -0.3 is 15.2 Å². The molecule has 0 bridgehead atoms. The summed E-state index contributed by atoms with van der Waals surface area (Å²) >= 11 is 0. The van der Waals surface area contributed by atoms with Gasteiger partial charge in [0.05, 0.1) is 6.04 Å². The van der Waals surface area contributed by atoms with Gasteiger partial charge in [-0.3, -0.25) is 4.79 Å². The van der Waals surface area contributed by atoms with Gasteiger partial charge in [-0.25, -0.2) is 8.42 Å². The van der Waals surface area contributed by atoms with Crippen molar-refractivity contribution in [3.63, 3.8) is 0 Å². The summed E-state index contributed by atoms with van der Waals surface area (Å²) < 4.78 is 29.7. The van der Waals surface area contributed by atoms with Gasteiger partial charge in [0.2, 0.25) is 10.0 Å². The molecule has 7 nitrogen and oxygen atoms in total. The van der Waals surface area contributed by atoms with Gasteiger partial charge in [0.25, 0.3) is 5.91 Å². The molecule has 1 unspecified atom stereocenters. The molecule has 1 atom stereocenters. The van der Waals surface area contributed by atoms with Gasteiger partial charge in [0.15, 0.2) is 0 Å². The van der Waals surface area contributed by atoms with Crippen molar-refractivity contribution in [2.45, 2.75) is 24.3 Å². The van der Waals surface area contributed by atoms with Gasteiger partial charge in [0.1, 0.15) is 10.6 Å². The number of amides is 1. The quantitative estimate of drug-likeness (QED) is 0.806. The van der Waals surface area contributed by atoms with E-state index in [4.69, 9.17) is 0 Å². The zero-order valence-corrected chi connectivity index (χ0v) is 16.7. The Bertz CT molecular complexity index is 919. The van der Waals surface area contributed by atoms with E-state index in [1.807, 2.05) is 24.3 Å². The maximum Gasteiger partial charge on any atom is 0.267 e. The average Bonchev–Trinajstić information content (AvgIpc) is 3.10. The predicted octanol–water partition coefficient (Wildman–Crippen LogP) is 1.28. The summed E-state index contributed by atoms with van der Waals surface area (Å²) in [7, 11) is -0.533. The molecular formula is C19H26N4O3S. The van der Waals surface area contributed by atoms with Crippen molar-refractivity contribution in [1.82, 2.24) is 19.5 Å². The van der Waals surface area contributed by atoms with Gasteiger partial charge in [-0.1, -0.05) is 31.2 Å². The van der Waals surface area contributed by atoms with Gasteiger partial charge in [-0.15, -0.1) is 0 Å². The van der Waals surface area contributed by atoms with E-state index in [1.165, 1.54) is 29.2 Å². The minimum absolute atomic E-state index is 0.140. The van der Waals surface area contributed by atoms with Crippen LogP contribution >= 0.6 is 0 Å². The van der Waals surface area contributed by atoms with Crippen LogP contribution in [-0.4, -0.2) is 49.9 Å². The van der Waals surface area contributed by atoms with Crippen LogP contribution in [0.15, 0.2) is 41.4 Å². The Morgan fingerprint density at radius 1 is 1.30 bits per heavy atom. The number of benzene rings is 1. The fourth-order valence-corrected chi connectivity index (χ4v) is 5.08. The zero-order chi connectivity index (χ0) is 19.6. The predicted molar refractivity (Wildman–Crippen MR) is 104 cm³/mol. The molecule has 1 amide bonds. The standard InChI is InChI=1S/C19H26N4O3S/c1-4-14-5-7-15(8-6-14)18-12-21-9-10-23(18)27(25,26)16-11-17(19(24)20-2)22(3)13-16/h5-8,11,13,18,21H,4,9-10,12H2,1-3H3,(H,20,24). The second-order valence-corrected chi connectivity index (χ2v) is 8.57. The number of nitrogens with one attached hydrogen (secondary N) is 2. The first kappa shape index (κ1) is 19.6. The summed E-state index contributed by atoms with van der Waals surface area (Å²) in [6.07, 6.45) is 2.44. The van der Waals surface area contributed by atoms with Crippen molar-refractivity contribution in [3.8, 4) is 0 Å². The largest absolute Gasteiger partial charge is 0.354 e. The smallest absolute Gasteiger partial charge is 0.267 e. The van der Waals surface area contributed by atoms with Crippen molar-refractivity contribution < 1.29 is 13.2 Å². The fourth-order valence-electron chi connectivity index (χ4n) is 3.40. The van der Waals surface area contributed by atoms with Crippen LogP contribution in [0.5, 0.6) is 0 Å². The summed E-state index contributed by atoms with van der Waals surface area (Å²) in [6.45, 7) is 3.62. The number of hydrogen-bond donors (Lipinski definition) is 2. The third-order valence-corrected chi connectivity index (χ3v) is 6.89. The van der Waals surface area contributed by atoms with Gasteiger partial charge in [-0.2, -0.15) is 4.31 Å². The molecule has 1 aliphatic heterocycles. The van der Waals surface area contributed by atoms with Crippen molar-refractivity contribution >= 4 is 15.9 Å². The third kappa shape index (κ3) is 3.78. The highest BCUT2D eigenvalue weighted by Crippen LogP contribution is 2.30. The molecule has 0 radical (unpaired) electrons. The van der Waals surface area contributed by atoms with Crippen molar-refractivity contribution in [3.05, 3.63) is 53.3 Å². The minimum Gasteiger partial charge on any atom is -0.354 e. The van der Waals surface area contributed by atoms with Crippen LogP contribution in [0.3, 0.4) is 0 Å². The maximum atomic E-state index is 13.3. The Labute approximate surface area is 160 Å². The SMILES string of the molecule is CCc1ccc(C2CNCCN2S(=O)(=O)c2cc(C(=O)NC)n(C)c2)cc1. The molecule has 1 fully saturated rings. The third-order valence-electron chi connectivity index (χ3n) is 5.01. The zero-order valence-electron chi connectivity index (χ0n) is 15.9. The number of aryl methyl sites for hydroxylation is 2. The molecule has 1 aliphatic rings. The van der Waals surface area contributed by atoms with Crippen molar-refractivity contribution in [2.75, 3.05) is 26.7 Å². The molecule has 8 heteroatoms. The van der Waals surface area contributed by atoms with Crippen molar-refractivity contribution in [1.29, 1.82) is 0 Å². The average molecular weight is 391 g/mol. The first-order chi connectivity index (χ1) is 12.9. The Morgan fingerprint density at radius 3 is 2.63 bits per heavy atom. The normalized spacial score (nSPS) is 18.4. The molecule has 2 N–H and O–H groups in total. The van der Waals surface area contributed by atoms with E-state index >= 15 is 0 Å². The summed E-state index contributed by atoms with van der Waals surface area (Å²) in [6, 6.07) is 9.24. The van der Waals surface area contributed by atoms with Gasteiger partial charge in [0, 0.05) is 39.9 Å². The number of sulfonamides is 1. The highest BCUT2D eigenvalue weighted by atomic mass is 32.2. The van der Waals surface area contributed by atoms with Gasteiger partial charge in [-0.05, 0) is 23.6 Å². The second-order valence-electron chi connectivity index (χ2n) is 6.68.